The first kappa shape index (κ1) is 15.6. The van der Waals surface area contributed by atoms with Crippen molar-refractivity contribution < 1.29 is 27.5 Å². The third-order valence-corrected chi connectivity index (χ3v) is 1.98. The minimum atomic E-state index is -4.57. The zero-order valence-electron chi connectivity index (χ0n) is 10.4. The van der Waals surface area contributed by atoms with Crippen molar-refractivity contribution in [2.45, 2.75) is 6.18 Å². The van der Waals surface area contributed by atoms with Gasteiger partial charge in [0.25, 0.3) is 0 Å². The Bertz CT molecular complexity index is 474. The highest BCUT2D eigenvalue weighted by molar-refractivity contribution is 5.90. The van der Waals surface area contributed by atoms with Crippen LogP contribution >= 0.6 is 0 Å². The Labute approximate surface area is 112 Å². The number of anilines is 2. The Hall–Kier alpha value is -2.45. The van der Waals surface area contributed by atoms with Gasteiger partial charge in [-0.15, -0.1) is 0 Å². The Morgan fingerprint density at radius 2 is 1.60 bits per heavy atom. The summed E-state index contributed by atoms with van der Waals surface area (Å²) in [6.07, 6.45) is -5.78. The summed E-state index contributed by atoms with van der Waals surface area (Å²) in [5.41, 5.74) is 0.693. The number of hydrogen-bond acceptors (Lipinski definition) is 3. The maximum Gasteiger partial charge on any atom is 0.422 e. The van der Waals surface area contributed by atoms with Gasteiger partial charge in [-0.25, -0.2) is 9.59 Å². The van der Waals surface area contributed by atoms with E-state index in [0.717, 1.165) is 0 Å². The zero-order chi connectivity index (χ0) is 15.2. The summed E-state index contributed by atoms with van der Waals surface area (Å²) < 4.78 is 39.4. The van der Waals surface area contributed by atoms with E-state index in [0.29, 0.717) is 5.69 Å². The smallest absolute Gasteiger partial charge is 0.422 e. The van der Waals surface area contributed by atoms with Crippen molar-refractivity contribution in [3.63, 3.8) is 0 Å². The van der Waals surface area contributed by atoms with Crippen LogP contribution in [0.4, 0.5) is 34.1 Å². The fraction of sp³-hybridized carbons (Fsp3) is 0.273. The number of carbonyl (C=O) groups is 2. The van der Waals surface area contributed by atoms with E-state index in [1.165, 1.54) is 31.3 Å². The predicted molar refractivity (Wildman–Crippen MR) is 65.5 cm³/mol. The lowest BCUT2D eigenvalue weighted by molar-refractivity contribution is -0.159. The van der Waals surface area contributed by atoms with E-state index in [-0.39, 0.29) is 5.69 Å². The molecule has 20 heavy (non-hydrogen) atoms. The fourth-order valence-corrected chi connectivity index (χ4v) is 1.13. The van der Waals surface area contributed by atoms with Crippen LogP contribution in [0.5, 0.6) is 0 Å². The van der Waals surface area contributed by atoms with Crippen LogP contribution in [0.1, 0.15) is 0 Å². The van der Waals surface area contributed by atoms with Gasteiger partial charge in [-0.05, 0) is 24.3 Å². The number of alkyl halides is 3. The summed E-state index contributed by atoms with van der Waals surface area (Å²) in [5, 5.41) is 6.94. The van der Waals surface area contributed by atoms with Crippen molar-refractivity contribution >= 4 is 23.5 Å². The van der Waals surface area contributed by atoms with Gasteiger partial charge in [0, 0.05) is 18.4 Å². The molecule has 0 aliphatic carbocycles. The van der Waals surface area contributed by atoms with Gasteiger partial charge in [0.2, 0.25) is 0 Å². The molecule has 0 unspecified atom stereocenters. The first-order valence-corrected chi connectivity index (χ1v) is 5.39. The van der Waals surface area contributed by atoms with Gasteiger partial charge in [-0.2, -0.15) is 13.2 Å². The lowest BCUT2D eigenvalue weighted by atomic mass is 10.3. The van der Waals surface area contributed by atoms with Crippen LogP contribution in [0, 0.1) is 0 Å². The molecular formula is C11H12F3N3O3. The monoisotopic (exact) mass is 291 g/mol. The Morgan fingerprint density at radius 3 is 2.05 bits per heavy atom. The topological polar surface area (TPSA) is 79.5 Å². The molecule has 110 valence electrons. The quantitative estimate of drug-likeness (QED) is 0.800. The highest BCUT2D eigenvalue weighted by atomic mass is 19.4. The molecule has 3 amide bonds. The van der Waals surface area contributed by atoms with Gasteiger partial charge >= 0.3 is 18.3 Å². The summed E-state index contributed by atoms with van der Waals surface area (Å²) in [5.74, 6) is 0. The second kappa shape index (κ2) is 6.64. The number of carbonyl (C=O) groups excluding carboxylic acids is 2. The molecule has 0 spiro atoms. The maximum absolute atomic E-state index is 11.8. The maximum atomic E-state index is 11.8. The van der Waals surface area contributed by atoms with Crippen molar-refractivity contribution in [3.05, 3.63) is 24.3 Å². The molecule has 1 rings (SSSR count). The van der Waals surface area contributed by atoms with Crippen molar-refractivity contribution in [3.8, 4) is 0 Å². The van der Waals surface area contributed by atoms with E-state index in [4.69, 9.17) is 0 Å². The fourth-order valence-electron chi connectivity index (χ4n) is 1.13. The number of nitrogens with one attached hydrogen (secondary N) is 3. The second-order valence-corrected chi connectivity index (χ2v) is 3.60. The standard InChI is InChI=1S/C11H12F3N3O3/c1-15-9(18)16-7-2-4-8(5-3-7)17-10(19)20-6-11(12,13)14/h2-5H,6H2,1H3,(H,17,19)(H2,15,16,18). The zero-order valence-corrected chi connectivity index (χ0v) is 10.4. The summed E-state index contributed by atoms with van der Waals surface area (Å²) in [7, 11) is 1.45. The molecule has 0 aromatic heterocycles. The minimum absolute atomic E-state index is 0.236. The first-order valence-electron chi connectivity index (χ1n) is 5.39. The lowest BCUT2D eigenvalue weighted by Crippen LogP contribution is -2.24. The van der Waals surface area contributed by atoms with Crippen LogP contribution in [-0.4, -0.2) is 32.0 Å². The molecule has 0 saturated carbocycles. The van der Waals surface area contributed by atoms with Gasteiger partial charge in [-0.3, -0.25) is 5.32 Å². The number of amides is 3. The van der Waals surface area contributed by atoms with Crippen LogP contribution in [0.25, 0.3) is 0 Å². The molecule has 0 atom stereocenters. The van der Waals surface area contributed by atoms with Crippen molar-refractivity contribution in [2.75, 3.05) is 24.3 Å². The number of benzene rings is 1. The van der Waals surface area contributed by atoms with Crippen LogP contribution in [0.2, 0.25) is 0 Å². The van der Waals surface area contributed by atoms with E-state index in [2.05, 4.69) is 20.7 Å². The molecule has 9 heteroatoms. The molecule has 0 bridgehead atoms. The average molecular weight is 291 g/mol. The summed E-state index contributed by atoms with van der Waals surface area (Å²) in [6, 6.07) is 5.32. The molecule has 0 radical (unpaired) electrons. The SMILES string of the molecule is CNC(=O)Nc1ccc(NC(=O)OCC(F)(F)F)cc1. The minimum Gasteiger partial charge on any atom is -0.440 e. The van der Waals surface area contributed by atoms with E-state index < -0.39 is 24.9 Å². The van der Waals surface area contributed by atoms with Crippen LogP contribution in [0.3, 0.4) is 0 Å². The molecule has 0 fully saturated rings. The van der Waals surface area contributed by atoms with Crippen molar-refractivity contribution in [2.24, 2.45) is 0 Å². The van der Waals surface area contributed by atoms with Gasteiger partial charge in [0.15, 0.2) is 6.61 Å². The van der Waals surface area contributed by atoms with Crippen molar-refractivity contribution in [1.29, 1.82) is 0 Å². The normalized spacial score (nSPS) is 10.6. The van der Waals surface area contributed by atoms with E-state index in [9.17, 15) is 22.8 Å². The second-order valence-electron chi connectivity index (χ2n) is 3.60. The van der Waals surface area contributed by atoms with Crippen LogP contribution in [0.15, 0.2) is 24.3 Å². The molecule has 0 heterocycles. The molecule has 1 aromatic carbocycles. The third-order valence-electron chi connectivity index (χ3n) is 1.98. The van der Waals surface area contributed by atoms with E-state index in [1.54, 1.807) is 0 Å². The average Bonchev–Trinajstić information content (AvgIpc) is 2.38. The largest absolute Gasteiger partial charge is 0.440 e. The molecular weight excluding hydrogens is 279 g/mol. The number of urea groups is 1. The predicted octanol–water partition coefficient (Wildman–Crippen LogP) is 2.55. The summed E-state index contributed by atoms with van der Waals surface area (Å²) >= 11 is 0. The number of halogens is 3. The van der Waals surface area contributed by atoms with Crippen LogP contribution in [-0.2, 0) is 4.74 Å². The molecule has 3 N–H and O–H groups in total. The number of hydrogen-bond donors (Lipinski definition) is 3. The highest BCUT2D eigenvalue weighted by Gasteiger charge is 2.29. The molecule has 0 aliphatic rings. The first-order chi connectivity index (χ1) is 9.30. The Morgan fingerprint density at radius 1 is 1.10 bits per heavy atom. The van der Waals surface area contributed by atoms with Gasteiger partial charge in [0.05, 0.1) is 0 Å². The third kappa shape index (κ3) is 5.94. The summed E-state index contributed by atoms with van der Waals surface area (Å²) in [6.45, 7) is -1.66. The molecule has 6 nitrogen and oxygen atoms in total. The van der Waals surface area contributed by atoms with Crippen LogP contribution < -0.4 is 16.0 Å². The number of ether oxygens (including phenoxy) is 1. The highest BCUT2D eigenvalue weighted by Crippen LogP contribution is 2.16. The molecule has 0 aliphatic heterocycles. The Balaban J connectivity index is 2.49. The van der Waals surface area contributed by atoms with E-state index in [1.807, 2.05) is 0 Å². The molecule has 0 saturated heterocycles. The van der Waals surface area contributed by atoms with Gasteiger partial charge in [0.1, 0.15) is 0 Å². The van der Waals surface area contributed by atoms with E-state index >= 15 is 0 Å². The Kier molecular flexibility index (Phi) is 5.18. The molecule has 1 aromatic rings. The number of rotatable bonds is 3. The van der Waals surface area contributed by atoms with Gasteiger partial charge < -0.3 is 15.4 Å². The lowest BCUT2D eigenvalue weighted by Gasteiger charge is -2.09. The van der Waals surface area contributed by atoms with Gasteiger partial charge in [-0.1, -0.05) is 0 Å². The summed E-state index contributed by atoms with van der Waals surface area (Å²) in [4.78, 5) is 22.1. The van der Waals surface area contributed by atoms with Crippen molar-refractivity contribution in [1.82, 2.24) is 5.32 Å².